The van der Waals surface area contributed by atoms with Crippen LogP contribution in [0.4, 0.5) is 0 Å². The summed E-state index contributed by atoms with van der Waals surface area (Å²) in [5.41, 5.74) is 2.28. The normalized spacial score (nSPS) is 8.90. The van der Waals surface area contributed by atoms with Crippen molar-refractivity contribution >= 4 is 5.91 Å². The second kappa shape index (κ2) is 6.29. The highest BCUT2D eigenvalue weighted by Gasteiger charge is 1.95. The van der Waals surface area contributed by atoms with E-state index in [1.165, 1.54) is 0 Å². The second-order valence-corrected chi connectivity index (χ2v) is 1.79. The molecule has 58 valence electrons. The average molecular weight is 143 g/mol. The van der Waals surface area contributed by atoms with Gasteiger partial charge in [0.2, 0.25) is 5.91 Å². The number of hydrogen-bond acceptors (Lipinski definition) is 2. The van der Waals surface area contributed by atoms with Crippen molar-refractivity contribution in [2.45, 2.75) is 19.8 Å². The fourth-order valence-corrected chi connectivity index (χ4v) is 0.437. The van der Waals surface area contributed by atoms with Crippen molar-refractivity contribution in [2.75, 3.05) is 6.61 Å². The highest BCUT2D eigenvalue weighted by atomic mass is 16.6. The number of hydroxylamine groups is 1. The quantitative estimate of drug-likeness (QED) is 0.461. The van der Waals surface area contributed by atoms with E-state index in [4.69, 9.17) is 0 Å². The van der Waals surface area contributed by atoms with E-state index in [0.29, 0.717) is 19.4 Å². The van der Waals surface area contributed by atoms with Crippen molar-refractivity contribution in [3.63, 3.8) is 0 Å². The molecule has 0 atom stereocenters. The molecule has 0 fully saturated rings. The Morgan fingerprint density at radius 3 is 3.00 bits per heavy atom. The zero-order chi connectivity index (χ0) is 7.82. The van der Waals surface area contributed by atoms with Crippen LogP contribution in [0.2, 0.25) is 0 Å². The van der Waals surface area contributed by atoms with Crippen molar-refractivity contribution in [3.05, 3.63) is 12.7 Å². The molecule has 0 aromatic heterocycles. The number of carbonyl (C=O) groups is 1. The van der Waals surface area contributed by atoms with Gasteiger partial charge in [-0.1, -0.05) is 6.08 Å². The lowest BCUT2D eigenvalue weighted by Crippen LogP contribution is -2.22. The van der Waals surface area contributed by atoms with E-state index in [1.807, 2.05) is 6.92 Å². The lowest BCUT2D eigenvalue weighted by molar-refractivity contribution is -0.133. The molecule has 10 heavy (non-hydrogen) atoms. The van der Waals surface area contributed by atoms with E-state index >= 15 is 0 Å². The summed E-state index contributed by atoms with van der Waals surface area (Å²) in [4.78, 5) is 15.3. The van der Waals surface area contributed by atoms with Crippen molar-refractivity contribution in [3.8, 4) is 0 Å². The van der Waals surface area contributed by atoms with E-state index < -0.39 is 0 Å². The fourth-order valence-electron chi connectivity index (χ4n) is 0.437. The van der Waals surface area contributed by atoms with Gasteiger partial charge in [0.25, 0.3) is 0 Å². The van der Waals surface area contributed by atoms with Crippen LogP contribution in [-0.4, -0.2) is 12.5 Å². The number of hydrogen-bond donors (Lipinski definition) is 1. The van der Waals surface area contributed by atoms with Gasteiger partial charge in [-0.05, 0) is 13.3 Å². The molecule has 1 N–H and O–H groups in total. The van der Waals surface area contributed by atoms with Crippen molar-refractivity contribution in [2.24, 2.45) is 0 Å². The first-order valence-electron chi connectivity index (χ1n) is 3.32. The Bertz CT molecular complexity index is 112. The number of amides is 1. The van der Waals surface area contributed by atoms with Gasteiger partial charge in [0.1, 0.15) is 0 Å². The molecule has 0 aromatic rings. The van der Waals surface area contributed by atoms with Crippen LogP contribution in [0, 0.1) is 0 Å². The molecular formula is C7H13NO2. The molecule has 0 heterocycles. The maximum absolute atomic E-state index is 10.7. The average Bonchev–Trinajstić information content (AvgIpc) is 1.97. The second-order valence-electron chi connectivity index (χ2n) is 1.79. The SMILES string of the molecule is C=CCCC(=O)NOCC. The molecule has 0 bridgehead atoms. The lowest BCUT2D eigenvalue weighted by Gasteiger charge is -2.00. The molecule has 0 aliphatic carbocycles. The molecule has 0 saturated heterocycles. The Balaban J connectivity index is 3.16. The van der Waals surface area contributed by atoms with Crippen LogP contribution in [0.3, 0.4) is 0 Å². The predicted octanol–water partition coefficient (Wildman–Crippen LogP) is 1.02. The Morgan fingerprint density at radius 1 is 1.80 bits per heavy atom. The Labute approximate surface area is 61.0 Å². The van der Waals surface area contributed by atoms with Crippen LogP contribution >= 0.6 is 0 Å². The molecule has 0 spiro atoms. The van der Waals surface area contributed by atoms with Gasteiger partial charge in [0, 0.05) is 6.42 Å². The van der Waals surface area contributed by atoms with E-state index in [2.05, 4.69) is 16.9 Å². The maximum Gasteiger partial charge on any atom is 0.243 e. The number of rotatable bonds is 5. The minimum Gasteiger partial charge on any atom is -0.274 e. The summed E-state index contributed by atoms with van der Waals surface area (Å²) in [6.07, 6.45) is 2.84. The molecule has 3 heteroatoms. The molecule has 0 aromatic carbocycles. The van der Waals surface area contributed by atoms with Gasteiger partial charge >= 0.3 is 0 Å². The summed E-state index contributed by atoms with van der Waals surface area (Å²) >= 11 is 0. The third kappa shape index (κ3) is 5.31. The van der Waals surface area contributed by atoms with E-state index in [0.717, 1.165) is 0 Å². The lowest BCUT2D eigenvalue weighted by atomic mass is 10.3. The largest absolute Gasteiger partial charge is 0.274 e. The Kier molecular flexibility index (Phi) is 5.77. The van der Waals surface area contributed by atoms with Crippen LogP contribution < -0.4 is 5.48 Å². The summed E-state index contributed by atoms with van der Waals surface area (Å²) in [5, 5.41) is 0. The third-order valence-corrected chi connectivity index (χ3v) is 0.906. The van der Waals surface area contributed by atoms with Gasteiger partial charge < -0.3 is 0 Å². The minimum atomic E-state index is -0.0956. The number of nitrogens with one attached hydrogen (secondary N) is 1. The highest BCUT2D eigenvalue weighted by Crippen LogP contribution is 1.87. The highest BCUT2D eigenvalue weighted by molar-refractivity contribution is 5.74. The maximum atomic E-state index is 10.7. The van der Waals surface area contributed by atoms with Crippen molar-refractivity contribution in [1.29, 1.82) is 0 Å². The van der Waals surface area contributed by atoms with Crippen molar-refractivity contribution < 1.29 is 9.63 Å². The molecule has 0 saturated carbocycles. The van der Waals surface area contributed by atoms with Crippen LogP contribution in [0.1, 0.15) is 19.8 Å². The molecule has 0 rings (SSSR count). The van der Waals surface area contributed by atoms with Gasteiger partial charge in [-0.2, -0.15) is 0 Å². The predicted molar refractivity (Wildman–Crippen MR) is 39.2 cm³/mol. The molecule has 1 amide bonds. The first-order chi connectivity index (χ1) is 4.81. The number of carbonyl (C=O) groups excluding carboxylic acids is 1. The standard InChI is InChI=1S/C7H13NO2/c1-3-5-6-7(9)8-10-4-2/h3H,1,4-6H2,2H3,(H,8,9). The summed E-state index contributed by atoms with van der Waals surface area (Å²) in [6.45, 7) is 5.81. The van der Waals surface area contributed by atoms with Gasteiger partial charge in [-0.25, -0.2) is 5.48 Å². The van der Waals surface area contributed by atoms with E-state index in [9.17, 15) is 4.79 Å². The molecule has 3 nitrogen and oxygen atoms in total. The molecule has 0 unspecified atom stereocenters. The zero-order valence-electron chi connectivity index (χ0n) is 6.22. The smallest absolute Gasteiger partial charge is 0.243 e. The van der Waals surface area contributed by atoms with Crippen LogP contribution in [-0.2, 0) is 9.63 Å². The van der Waals surface area contributed by atoms with Crippen molar-refractivity contribution in [1.82, 2.24) is 5.48 Å². The van der Waals surface area contributed by atoms with E-state index in [1.54, 1.807) is 6.08 Å². The van der Waals surface area contributed by atoms with Crippen LogP contribution in [0.5, 0.6) is 0 Å². The summed E-state index contributed by atoms with van der Waals surface area (Å²) in [6, 6.07) is 0. The van der Waals surface area contributed by atoms with Gasteiger partial charge in [-0.15, -0.1) is 6.58 Å². The first-order valence-corrected chi connectivity index (χ1v) is 3.32. The Hall–Kier alpha value is -0.830. The fraction of sp³-hybridized carbons (Fsp3) is 0.571. The molecule has 0 aliphatic heterocycles. The van der Waals surface area contributed by atoms with Gasteiger partial charge in [-0.3, -0.25) is 9.63 Å². The van der Waals surface area contributed by atoms with Gasteiger partial charge in [0.05, 0.1) is 6.61 Å². The number of allylic oxidation sites excluding steroid dienone is 1. The minimum absolute atomic E-state index is 0.0956. The summed E-state index contributed by atoms with van der Waals surface area (Å²) in [7, 11) is 0. The van der Waals surface area contributed by atoms with E-state index in [-0.39, 0.29) is 5.91 Å². The monoisotopic (exact) mass is 143 g/mol. The molecule has 0 radical (unpaired) electrons. The van der Waals surface area contributed by atoms with Crippen LogP contribution in [0.25, 0.3) is 0 Å². The topological polar surface area (TPSA) is 38.3 Å². The molecular weight excluding hydrogens is 130 g/mol. The first kappa shape index (κ1) is 9.17. The zero-order valence-corrected chi connectivity index (χ0v) is 6.22. The van der Waals surface area contributed by atoms with Gasteiger partial charge in [0.15, 0.2) is 0 Å². The van der Waals surface area contributed by atoms with Crippen LogP contribution in [0.15, 0.2) is 12.7 Å². The molecule has 0 aliphatic rings. The summed E-state index contributed by atoms with van der Waals surface area (Å²) < 4.78 is 0. The summed E-state index contributed by atoms with van der Waals surface area (Å²) in [5.74, 6) is -0.0956. The Morgan fingerprint density at radius 2 is 2.50 bits per heavy atom. The third-order valence-electron chi connectivity index (χ3n) is 0.906.